The number of anilines is 1. The first kappa shape index (κ1) is 16.3. The molecule has 1 fully saturated rings. The number of amides is 2. The van der Waals surface area contributed by atoms with Crippen molar-refractivity contribution in [2.45, 2.75) is 25.4 Å². The molecule has 1 aliphatic rings. The molecule has 1 heterocycles. The minimum atomic E-state index is -0.147. The van der Waals surface area contributed by atoms with Crippen molar-refractivity contribution in [2.24, 2.45) is 0 Å². The SMILES string of the molecule is CNC(=O)c1ccc(NC(=O)CN(Cc2ccco2)C2CC2)cc1. The summed E-state index contributed by atoms with van der Waals surface area (Å²) in [6, 6.07) is 11.1. The van der Waals surface area contributed by atoms with Gasteiger partial charge in [-0.05, 0) is 49.2 Å². The lowest BCUT2D eigenvalue weighted by atomic mass is 10.2. The molecule has 1 aromatic carbocycles. The Bertz CT molecular complexity index is 691. The number of carbonyl (C=O) groups excluding carboxylic acids is 2. The number of benzene rings is 1. The van der Waals surface area contributed by atoms with Gasteiger partial charge in [0, 0.05) is 24.3 Å². The lowest BCUT2D eigenvalue weighted by Gasteiger charge is -2.20. The zero-order chi connectivity index (χ0) is 16.9. The van der Waals surface area contributed by atoms with Crippen LogP contribution in [-0.2, 0) is 11.3 Å². The Morgan fingerprint density at radius 2 is 1.96 bits per heavy atom. The molecule has 0 unspecified atom stereocenters. The molecule has 2 N–H and O–H groups in total. The predicted molar refractivity (Wildman–Crippen MR) is 90.6 cm³/mol. The van der Waals surface area contributed by atoms with Crippen LogP contribution in [0.4, 0.5) is 5.69 Å². The Morgan fingerprint density at radius 3 is 2.54 bits per heavy atom. The number of nitrogens with zero attached hydrogens (tertiary/aromatic N) is 1. The van der Waals surface area contributed by atoms with Crippen LogP contribution in [0.2, 0.25) is 0 Å². The summed E-state index contributed by atoms with van der Waals surface area (Å²) in [5.74, 6) is 0.650. The predicted octanol–water partition coefficient (Wildman–Crippen LogP) is 2.24. The Labute approximate surface area is 140 Å². The highest BCUT2D eigenvalue weighted by atomic mass is 16.3. The van der Waals surface area contributed by atoms with Crippen LogP contribution in [0.3, 0.4) is 0 Å². The maximum absolute atomic E-state index is 12.3. The van der Waals surface area contributed by atoms with E-state index in [0.717, 1.165) is 18.6 Å². The molecular weight excluding hydrogens is 306 g/mol. The van der Waals surface area contributed by atoms with Gasteiger partial charge in [-0.1, -0.05) is 0 Å². The molecule has 1 aromatic heterocycles. The van der Waals surface area contributed by atoms with Gasteiger partial charge in [-0.25, -0.2) is 0 Å². The largest absolute Gasteiger partial charge is 0.468 e. The summed E-state index contributed by atoms with van der Waals surface area (Å²) in [6.07, 6.45) is 3.89. The molecule has 0 atom stereocenters. The highest BCUT2D eigenvalue weighted by molar-refractivity contribution is 5.96. The third kappa shape index (κ3) is 4.23. The third-order valence-corrected chi connectivity index (χ3v) is 4.01. The summed E-state index contributed by atoms with van der Waals surface area (Å²) in [6.45, 7) is 0.962. The van der Waals surface area contributed by atoms with Crippen LogP contribution in [0, 0.1) is 0 Å². The van der Waals surface area contributed by atoms with Crippen LogP contribution in [0.15, 0.2) is 47.1 Å². The van der Waals surface area contributed by atoms with Gasteiger partial charge in [0.2, 0.25) is 5.91 Å². The lowest BCUT2D eigenvalue weighted by molar-refractivity contribution is -0.117. The van der Waals surface area contributed by atoms with E-state index in [4.69, 9.17) is 4.42 Å². The Kier molecular flexibility index (Phi) is 4.96. The number of hydrogen-bond donors (Lipinski definition) is 2. The Balaban J connectivity index is 1.56. The monoisotopic (exact) mass is 327 g/mol. The van der Waals surface area contributed by atoms with Crippen LogP contribution in [0.25, 0.3) is 0 Å². The van der Waals surface area contributed by atoms with Crippen LogP contribution in [0.5, 0.6) is 0 Å². The standard InChI is InChI=1S/C18H21N3O3/c1-19-18(23)13-4-6-14(7-5-13)20-17(22)12-21(15-8-9-15)11-16-3-2-10-24-16/h2-7,10,15H,8-9,11-12H2,1H3,(H,19,23)(H,20,22). The summed E-state index contributed by atoms with van der Waals surface area (Å²) < 4.78 is 5.38. The van der Waals surface area contributed by atoms with Crippen molar-refractivity contribution in [1.82, 2.24) is 10.2 Å². The maximum atomic E-state index is 12.3. The maximum Gasteiger partial charge on any atom is 0.251 e. The smallest absolute Gasteiger partial charge is 0.251 e. The number of rotatable bonds is 7. The average molecular weight is 327 g/mol. The van der Waals surface area contributed by atoms with Crippen molar-refractivity contribution in [3.63, 3.8) is 0 Å². The minimum Gasteiger partial charge on any atom is -0.468 e. The molecule has 6 nitrogen and oxygen atoms in total. The van der Waals surface area contributed by atoms with Crippen molar-refractivity contribution >= 4 is 17.5 Å². The van der Waals surface area contributed by atoms with E-state index < -0.39 is 0 Å². The molecule has 126 valence electrons. The van der Waals surface area contributed by atoms with Crippen molar-refractivity contribution in [1.29, 1.82) is 0 Å². The molecular formula is C18H21N3O3. The summed E-state index contributed by atoms with van der Waals surface area (Å²) in [5.41, 5.74) is 1.24. The van der Waals surface area contributed by atoms with E-state index in [1.54, 1.807) is 37.6 Å². The molecule has 1 saturated carbocycles. The molecule has 3 rings (SSSR count). The van der Waals surface area contributed by atoms with Crippen molar-refractivity contribution < 1.29 is 14.0 Å². The van der Waals surface area contributed by atoms with E-state index in [9.17, 15) is 9.59 Å². The Morgan fingerprint density at radius 1 is 1.21 bits per heavy atom. The normalized spacial score (nSPS) is 13.8. The first-order valence-corrected chi connectivity index (χ1v) is 8.04. The van der Waals surface area contributed by atoms with Gasteiger partial charge >= 0.3 is 0 Å². The van der Waals surface area contributed by atoms with Crippen LogP contribution >= 0.6 is 0 Å². The molecule has 6 heteroatoms. The summed E-state index contributed by atoms with van der Waals surface area (Å²) in [7, 11) is 1.59. The van der Waals surface area contributed by atoms with Crippen molar-refractivity contribution in [2.75, 3.05) is 18.9 Å². The van der Waals surface area contributed by atoms with Gasteiger partial charge in [-0.3, -0.25) is 14.5 Å². The Hall–Kier alpha value is -2.60. The van der Waals surface area contributed by atoms with Crippen molar-refractivity contribution in [3.8, 4) is 0 Å². The quantitative estimate of drug-likeness (QED) is 0.818. The molecule has 1 aliphatic carbocycles. The topological polar surface area (TPSA) is 74.6 Å². The van der Waals surface area contributed by atoms with Gasteiger partial charge in [0.1, 0.15) is 5.76 Å². The number of furan rings is 1. The van der Waals surface area contributed by atoms with Crippen molar-refractivity contribution in [3.05, 3.63) is 54.0 Å². The van der Waals surface area contributed by atoms with E-state index in [1.165, 1.54) is 0 Å². The average Bonchev–Trinajstić information content (AvgIpc) is 3.32. The first-order chi connectivity index (χ1) is 11.7. The van der Waals surface area contributed by atoms with Gasteiger partial charge in [0.25, 0.3) is 5.91 Å². The molecule has 0 saturated heterocycles. The summed E-state index contributed by atoms with van der Waals surface area (Å²) in [5, 5.41) is 5.44. The molecule has 0 spiro atoms. The van der Waals surface area contributed by atoms with E-state index in [1.807, 2.05) is 12.1 Å². The molecule has 2 amide bonds. The zero-order valence-corrected chi connectivity index (χ0v) is 13.6. The third-order valence-electron chi connectivity index (χ3n) is 4.01. The van der Waals surface area contributed by atoms with Crippen LogP contribution in [0.1, 0.15) is 29.0 Å². The van der Waals surface area contributed by atoms with Gasteiger partial charge in [-0.15, -0.1) is 0 Å². The van der Waals surface area contributed by atoms with Gasteiger partial charge in [0.05, 0.1) is 19.4 Å². The van der Waals surface area contributed by atoms with E-state index in [-0.39, 0.29) is 11.8 Å². The molecule has 0 aliphatic heterocycles. The van der Waals surface area contributed by atoms with E-state index >= 15 is 0 Å². The van der Waals surface area contributed by atoms with Gasteiger partial charge in [-0.2, -0.15) is 0 Å². The van der Waals surface area contributed by atoms with Crippen LogP contribution < -0.4 is 10.6 Å². The van der Waals surface area contributed by atoms with Crippen LogP contribution in [-0.4, -0.2) is 36.3 Å². The second kappa shape index (κ2) is 7.31. The molecule has 0 radical (unpaired) electrons. The fourth-order valence-electron chi connectivity index (χ4n) is 2.59. The fourth-order valence-corrected chi connectivity index (χ4v) is 2.59. The first-order valence-electron chi connectivity index (χ1n) is 8.04. The minimum absolute atomic E-state index is 0.0684. The second-order valence-corrected chi connectivity index (χ2v) is 5.92. The van der Waals surface area contributed by atoms with Gasteiger partial charge in [0.15, 0.2) is 0 Å². The molecule has 2 aromatic rings. The second-order valence-electron chi connectivity index (χ2n) is 5.92. The van der Waals surface area contributed by atoms with E-state index in [0.29, 0.717) is 30.4 Å². The van der Waals surface area contributed by atoms with Gasteiger partial charge < -0.3 is 15.1 Å². The summed E-state index contributed by atoms with van der Waals surface area (Å²) in [4.78, 5) is 25.9. The number of carbonyl (C=O) groups is 2. The fraction of sp³-hybridized carbons (Fsp3) is 0.333. The molecule has 24 heavy (non-hydrogen) atoms. The number of hydrogen-bond acceptors (Lipinski definition) is 4. The number of nitrogens with one attached hydrogen (secondary N) is 2. The highest BCUT2D eigenvalue weighted by Gasteiger charge is 2.30. The van der Waals surface area contributed by atoms with E-state index in [2.05, 4.69) is 15.5 Å². The molecule has 0 bridgehead atoms. The summed E-state index contributed by atoms with van der Waals surface area (Å²) >= 11 is 0. The highest BCUT2D eigenvalue weighted by Crippen LogP contribution is 2.28. The lowest BCUT2D eigenvalue weighted by Crippen LogP contribution is -2.34. The zero-order valence-electron chi connectivity index (χ0n) is 13.6.